The van der Waals surface area contributed by atoms with E-state index in [0.717, 1.165) is 24.0 Å². The van der Waals surface area contributed by atoms with Gasteiger partial charge in [0.05, 0.1) is 13.2 Å². The molecule has 0 aliphatic heterocycles. The summed E-state index contributed by atoms with van der Waals surface area (Å²) < 4.78 is 24.2. The van der Waals surface area contributed by atoms with Gasteiger partial charge in [-0.25, -0.2) is 0 Å². The molecule has 4 nitrogen and oxygen atoms in total. The number of aliphatic hydroxyl groups is 1. The molecule has 0 radical (unpaired) electrons. The Labute approximate surface area is 144 Å². The SMILES string of the molecule is CCCC[C@H](O)P(=O)(OCc1ccccc1)OCc1ccccc1. The molecule has 1 N–H and O–H groups in total. The number of hydrogen-bond acceptors (Lipinski definition) is 4. The van der Waals surface area contributed by atoms with Crippen molar-refractivity contribution >= 4 is 7.60 Å². The van der Waals surface area contributed by atoms with Crippen LogP contribution in [0.25, 0.3) is 0 Å². The first-order valence-electron chi connectivity index (χ1n) is 8.29. The van der Waals surface area contributed by atoms with Crippen molar-refractivity contribution < 1.29 is 18.7 Å². The molecule has 0 fully saturated rings. The number of aliphatic hydroxyl groups excluding tert-OH is 1. The second-order valence-corrected chi connectivity index (χ2v) is 7.87. The minimum Gasteiger partial charge on any atom is -0.380 e. The molecule has 0 saturated carbocycles. The van der Waals surface area contributed by atoms with Crippen LogP contribution in [-0.2, 0) is 26.8 Å². The van der Waals surface area contributed by atoms with Crippen LogP contribution in [0.1, 0.15) is 37.3 Å². The molecule has 2 aromatic carbocycles. The third-order valence-corrected chi connectivity index (χ3v) is 5.66. The fraction of sp³-hybridized carbons (Fsp3) is 0.368. The Morgan fingerprint density at radius 2 is 1.38 bits per heavy atom. The van der Waals surface area contributed by atoms with E-state index in [1.165, 1.54) is 0 Å². The molecule has 2 rings (SSSR count). The lowest BCUT2D eigenvalue weighted by molar-refractivity contribution is 0.127. The van der Waals surface area contributed by atoms with Crippen molar-refractivity contribution in [3.05, 3.63) is 71.8 Å². The molecule has 130 valence electrons. The summed E-state index contributed by atoms with van der Waals surface area (Å²) in [6.07, 6.45) is 2.08. The van der Waals surface area contributed by atoms with Gasteiger partial charge in [-0.05, 0) is 17.5 Å². The zero-order valence-corrected chi connectivity index (χ0v) is 14.9. The zero-order valence-electron chi connectivity index (χ0n) is 14.0. The number of benzene rings is 2. The van der Waals surface area contributed by atoms with Crippen LogP contribution in [0, 0.1) is 0 Å². The molecule has 2 aromatic rings. The van der Waals surface area contributed by atoms with E-state index in [1.54, 1.807) is 0 Å². The Kier molecular flexibility index (Phi) is 7.67. The summed E-state index contributed by atoms with van der Waals surface area (Å²) >= 11 is 0. The Hall–Kier alpha value is -1.45. The quantitative estimate of drug-likeness (QED) is 0.605. The van der Waals surface area contributed by atoms with Gasteiger partial charge in [-0.2, -0.15) is 0 Å². The second kappa shape index (κ2) is 9.75. The lowest BCUT2D eigenvalue weighted by atomic mass is 10.2. The summed E-state index contributed by atoms with van der Waals surface area (Å²) in [5.41, 5.74) is 1.78. The summed E-state index contributed by atoms with van der Waals surface area (Å²) in [6, 6.07) is 18.9. The highest BCUT2D eigenvalue weighted by Gasteiger charge is 2.34. The van der Waals surface area contributed by atoms with Gasteiger partial charge in [-0.1, -0.05) is 80.4 Å². The van der Waals surface area contributed by atoms with Crippen molar-refractivity contribution in [2.45, 2.75) is 45.2 Å². The molecule has 0 bridgehead atoms. The fourth-order valence-electron chi connectivity index (χ4n) is 2.23. The maximum atomic E-state index is 13.1. The van der Waals surface area contributed by atoms with Crippen LogP contribution < -0.4 is 0 Å². The van der Waals surface area contributed by atoms with Crippen LogP contribution in [0.3, 0.4) is 0 Å². The first-order valence-corrected chi connectivity index (χ1v) is 9.90. The molecule has 5 heteroatoms. The predicted molar refractivity (Wildman–Crippen MR) is 95.6 cm³/mol. The van der Waals surface area contributed by atoms with Gasteiger partial charge in [0.25, 0.3) is 0 Å². The van der Waals surface area contributed by atoms with E-state index >= 15 is 0 Å². The first kappa shape index (κ1) is 18.9. The van der Waals surface area contributed by atoms with Gasteiger partial charge >= 0.3 is 7.60 Å². The van der Waals surface area contributed by atoms with E-state index in [4.69, 9.17) is 9.05 Å². The predicted octanol–water partition coefficient (Wildman–Crippen LogP) is 5.12. The Morgan fingerprint density at radius 3 is 1.79 bits per heavy atom. The van der Waals surface area contributed by atoms with Gasteiger partial charge in [0, 0.05) is 0 Å². The smallest absolute Gasteiger partial charge is 0.359 e. The van der Waals surface area contributed by atoms with Crippen molar-refractivity contribution in [3.8, 4) is 0 Å². The van der Waals surface area contributed by atoms with Gasteiger partial charge in [-0.15, -0.1) is 0 Å². The summed E-state index contributed by atoms with van der Waals surface area (Å²) in [4.78, 5) is 0. The molecular formula is C19H25O4P. The van der Waals surface area contributed by atoms with E-state index < -0.39 is 13.4 Å². The van der Waals surface area contributed by atoms with Gasteiger partial charge in [0.2, 0.25) is 0 Å². The van der Waals surface area contributed by atoms with E-state index in [0.29, 0.717) is 6.42 Å². The van der Waals surface area contributed by atoms with Crippen molar-refractivity contribution in [1.82, 2.24) is 0 Å². The molecule has 0 saturated heterocycles. The molecule has 0 aliphatic carbocycles. The molecular weight excluding hydrogens is 323 g/mol. The second-order valence-electron chi connectivity index (χ2n) is 5.68. The maximum Gasteiger partial charge on any atom is 0.359 e. The lowest BCUT2D eigenvalue weighted by Crippen LogP contribution is -2.13. The molecule has 0 amide bonds. The third-order valence-electron chi connectivity index (χ3n) is 3.69. The van der Waals surface area contributed by atoms with E-state index in [-0.39, 0.29) is 13.2 Å². The summed E-state index contributed by atoms with van der Waals surface area (Å²) in [7, 11) is -3.62. The standard InChI is InChI=1S/C19H25O4P/c1-2-3-14-19(20)24(21,22-15-17-10-6-4-7-11-17)23-16-18-12-8-5-9-13-18/h4-13,19-20H,2-3,14-16H2,1H3/t19-/m1/s1. The third kappa shape index (κ3) is 5.88. The van der Waals surface area contributed by atoms with Crippen molar-refractivity contribution in [1.29, 1.82) is 0 Å². The molecule has 0 heterocycles. The largest absolute Gasteiger partial charge is 0.380 e. The minimum atomic E-state index is -3.62. The molecule has 0 aromatic heterocycles. The zero-order chi connectivity index (χ0) is 17.3. The molecule has 0 aliphatic rings. The molecule has 1 atom stereocenters. The van der Waals surface area contributed by atoms with Crippen LogP contribution in [0.2, 0.25) is 0 Å². The summed E-state index contributed by atoms with van der Waals surface area (Å²) in [6.45, 7) is 2.32. The minimum absolute atomic E-state index is 0.149. The van der Waals surface area contributed by atoms with E-state index in [2.05, 4.69) is 0 Å². The Balaban J connectivity index is 2.03. The monoisotopic (exact) mass is 348 g/mol. The highest BCUT2D eigenvalue weighted by Crippen LogP contribution is 2.54. The Bertz CT molecular complexity index is 583. The highest BCUT2D eigenvalue weighted by molar-refractivity contribution is 7.54. The fourth-order valence-corrected chi connectivity index (χ4v) is 3.81. The van der Waals surface area contributed by atoms with Crippen molar-refractivity contribution in [2.24, 2.45) is 0 Å². The van der Waals surface area contributed by atoms with Gasteiger partial charge in [-0.3, -0.25) is 4.57 Å². The maximum absolute atomic E-state index is 13.1. The summed E-state index contributed by atoms with van der Waals surface area (Å²) in [5.74, 6) is -1.11. The van der Waals surface area contributed by atoms with Crippen molar-refractivity contribution in [3.63, 3.8) is 0 Å². The van der Waals surface area contributed by atoms with Crippen LogP contribution >= 0.6 is 7.60 Å². The average molecular weight is 348 g/mol. The topological polar surface area (TPSA) is 55.8 Å². The van der Waals surface area contributed by atoms with Crippen molar-refractivity contribution in [2.75, 3.05) is 0 Å². The Morgan fingerprint density at radius 1 is 0.917 bits per heavy atom. The number of unbranched alkanes of at least 4 members (excludes halogenated alkanes) is 1. The molecule has 0 spiro atoms. The molecule has 24 heavy (non-hydrogen) atoms. The average Bonchev–Trinajstić information content (AvgIpc) is 2.64. The number of hydrogen-bond donors (Lipinski definition) is 1. The van der Waals surface area contributed by atoms with Gasteiger partial charge in [0.1, 0.15) is 0 Å². The number of rotatable bonds is 10. The normalized spacial score (nSPS) is 12.9. The van der Waals surface area contributed by atoms with Crippen LogP contribution in [0.5, 0.6) is 0 Å². The van der Waals surface area contributed by atoms with Gasteiger partial charge in [0.15, 0.2) is 5.85 Å². The molecule has 0 unspecified atom stereocenters. The van der Waals surface area contributed by atoms with Crippen LogP contribution in [0.4, 0.5) is 0 Å². The van der Waals surface area contributed by atoms with Crippen LogP contribution in [-0.4, -0.2) is 11.0 Å². The van der Waals surface area contributed by atoms with Gasteiger partial charge < -0.3 is 14.2 Å². The lowest BCUT2D eigenvalue weighted by Gasteiger charge is -2.23. The first-order chi connectivity index (χ1) is 11.6. The summed E-state index contributed by atoms with van der Waals surface area (Å²) in [5, 5.41) is 10.3. The van der Waals surface area contributed by atoms with E-state index in [9.17, 15) is 9.67 Å². The highest BCUT2D eigenvalue weighted by atomic mass is 31.2. The van der Waals surface area contributed by atoms with Crippen LogP contribution in [0.15, 0.2) is 60.7 Å². The van der Waals surface area contributed by atoms with E-state index in [1.807, 2.05) is 67.6 Å².